The lowest BCUT2D eigenvalue weighted by Gasteiger charge is -2.46. The lowest BCUT2D eigenvalue weighted by atomic mass is 10.1. The summed E-state index contributed by atoms with van der Waals surface area (Å²) in [6.45, 7) is 7.88. The van der Waals surface area contributed by atoms with E-state index in [1.165, 1.54) is 13.1 Å². The van der Waals surface area contributed by atoms with Gasteiger partial charge < -0.3 is 5.32 Å². The number of piperazine rings is 1. The Hall–Kier alpha value is -0.680. The van der Waals surface area contributed by atoms with Crippen LogP contribution in [0.5, 0.6) is 0 Å². The van der Waals surface area contributed by atoms with Crippen LogP contribution < -0.4 is 5.32 Å². The quantitative estimate of drug-likeness (QED) is 0.821. The van der Waals surface area contributed by atoms with Gasteiger partial charge in [0.15, 0.2) is 0 Å². The minimum Gasteiger partial charge on any atom is -0.314 e. The topological polar surface area (TPSA) is 31.4 Å². The van der Waals surface area contributed by atoms with E-state index in [1.807, 2.05) is 18.2 Å². The number of rotatable bonds is 3. The van der Waals surface area contributed by atoms with Gasteiger partial charge in [0.05, 0.1) is 5.69 Å². The van der Waals surface area contributed by atoms with E-state index in [9.17, 15) is 0 Å². The van der Waals surface area contributed by atoms with Gasteiger partial charge in [-0.3, -0.25) is 9.80 Å². The fourth-order valence-electron chi connectivity index (χ4n) is 2.72. The highest BCUT2D eigenvalue weighted by Crippen LogP contribution is 2.18. The number of pyridine rings is 1. The maximum atomic E-state index is 5.90. The van der Waals surface area contributed by atoms with Gasteiger partial charge in [0.25, 0.3) is 0 Å². The molecule has 4 nitrogen and oxygen atoms in total. The molecule has 18 heavy (non-hydrogen) atoms. The van der Waals surface area contributed by atoms with Gasteiger partial charge in [0.1, 0.15) is 5.15 Å². The van der Waals surface area contributed by atoms with Crippen LogP contribution in [0.3, 0.4) is 0 Å². The molecule has 98 valence electrons. The number of hydrogen-bond acceptors (Lipinski definition) is 4. The van der Waals surface area contributed by atoms with Gasteiger partial charge in [-0.25, -0.2) is 4.98 Å². The minimum absolute atomic E-state index is 0.590. The first kappa shape index (κ1) is 12.4. The molecule has 0 aromatic carbocycles. The summed E-state index contributed by atoms with van der Waals surface area (Å²) in [5.41, 5.74) is 1.07. The summed E-state index contributed by atoms with van der Waals surface area (Å²) < 4.78 is 0. The molecule has 2 fully saturated rings. The van der Waals surface area contributed by atoms with Gasteiger partial charge in [-0.2, -0.15) is 0 Å². The van der Waals surface area contributed by atoms with E-state index in [0.717, 1.165) is 44.5 Å². The van der Waals surface area contributed by atoms with E-state index in [2.05, 4.69) is 20.1 Å². The second-order valence-corrected chi connectivity index (χ2v) is 5.47. The Labute approximate surface area is 113 Å². The molecule has 0 saturated carbocycles. The van der Waals surface area contributed by atoms with Crippen LogP contribution in [0.15, 0.2) is 18.2 Å². The summed E-state index contributed by atoms with van der Waals surface area (Å²) in [7, 11) is 0. The number of nitrogens with zero attached hydrogens (tertiary/aromatic N) is 3. The summed E-state index contributed by atoms with van der Waals surface area (Å²) in [5.74, 6) is 0. The molecule has 1 aromatic rings. The number of likely N-dealkylation sites (tertiary alicyclic amines) is 1. The predicted molar refractivity (Wildman–Crippen MR) is 72.8 cm³/mol. The van der Waals surface area contributed by atoms with Crippen molar-refractivity contribution >= 4 is 11.6 Å². The summed E-state index contributed by atoms with van der Waals surface area (Å²) in [6.07, 6.45) is 0. The molecule has 2 aliphatic rings. The Bertz CT molecular complexity index is 400. The summed E-state index contributed by atoms with van der Waals surface area (Å²) in [6, 6.07) is 6.58. The van der Waals surface area contributed by atoms with E-state index in [-0.39, 0.29) is 0 Å². The van der Waals surface area contributed by atoms with Gasteiger partial charge in [-0.05, 0) is 12.1 Å². The zero-order chi connectivity index (χ0) is 12.4. The molecule has 1 aromatic heterocycles. The van der Waals surface area contributed by atoms with Crippen LogP contribution in [0.2, 0.25) is 5.15 Å². The Kier molecular flexibility index (Phi) is 3.80. The summed E-state index contributed by atoms with van der Waals surface area (Å²) >= 11 is 5.90. The van der Waals surface area contributed by atoms with Gasteiger partial charge >= 0.3 is 0 Å². The smallest absolute Gasteiger partial charge is 0.129 e. The second kappa shape index (κ2) is 5.53. The van der Waals surface area contributed by atoms with Crippen molar-refractivity contribution in [2.75, 3.05) is 39.3 Å². The molecule has 0 bridgehead atoms. The van der Waals surface area contributed by atoms with Crippen molar-refractivity contribution in [3.05, 3.63) is 29.0 Å². The number of halogens is 1. The van der Waals surface area contributed by atoms with Crippen molar-refractivity contribution in [3.8, 4) is 0 Å². The van der Waals surface area contributed by atoms with Crippen molar-refractivity contribution in [3.63, 3.8) is 0 Å². The van der Waals surface area contributed by atoms with E-state index in [1.54, 1.807) is 0 Å². The Morgan fingerprint density at radius 3 is 2.78 bits per heavy atom. The molecule has 0 amide bonds. The molecule has 0 spiro atoms. The molecule has 2 saturated heterocycles. The molecule has 0 unspecified atom stereocenters. The molecule has 2 aliphatic heterocycles. The van der Waals surface area contributed by atoms with Crippen molar-refractivity contribution in [1.29, 1.82) is 0 Å². The first-order chi connectivity index (χ1) is 8.81. The molecule has 0 atom stereocenters. The van der Waals surface area contributed by atoms with E-state index in [0.29, 0.717) is 5.15 Å². The molecule has 3 heterocycles. The molecule has 0 radical (unpaired) electrons. The SMILES string of the molecule is Clc1cccc(CN2CC(N3CCNCC3)C2)n1. The Morgan fingerprint density at radius 2 is 2.06 bits per heavy atom. The second-order valence-electron chi connectivity index (χ2n) is 5.09. The van der Waals surface area contributed by atoms with Crippen LogP contribution >= 0.6 is 11.6 Å². The number of hydrogen-bond donors (Lipinski definition) is 1. The van der Waals surface area contributed by atoms with Gasteiger partial charge in [-0.1, -0.05) is 17.7 Å². The maximum Gasteiger partial charge on any atom is 0.129 e. The molecule has 3 rings (SSSR count). The normalized spacial score (nSPS) is 22.9. The predicted octanol–water partition coefficient (Wildman–Crippen LogP) is 0.824. The van der Waals surface area contributed by atoms with Crippen molar-refractivity contribution in [2.24, 2.45) is 0 Å². The van der Waals surface area contributed by atoms with Crippen LogP contribution in [-0.4, -0.2) is 60.1 Å². The largest absolute Gasteiger partial charge is 0.314 e. The summed E-state index contributed by atoms with van der Waals surface area (Å²) in [4.78, 5) is 9.36. The average molecular weight is 267 g/mol. The van der Waals surface area contributed by atoms with Crippen molar-refractivity contribution in [2.45, 2.75) is 12.6 Å². The summed E-state index contributed by atoms with van der Waals surface area (Å²) in [5, 5.41) is 3.98. The van der Waals surface area contributed by atoms with Crippen LogP contribution in [0.4, 0.5) is 0 Å². The number of nitrogens with one attached hydrogen (secondary N) is 1. The van der Waals surface area contributed by atoms with Crippen molar-refractivity contribution < 1.29 is 0 Å². The zero-order valence-corrected chi connectivity index (χ0v) is 11.2. The lowest BCUT2D eigenvalue weighted by Crippen LogP contribution is -2.62. The first-order valence-electron chi connectivity index (χ1n) is 6.60. The third-order valence-corrected chi connectivity index (χ3v) is 3.97. The maximum absolute atomic E-state index is 5.90. The van der Waals surface area contributed by atoms with E-state index in [4.69, 9.17) is 11.6 Å². The zero-order valence-electron chi connectivity index (χ0n) is 10.5. The lowest BCUT2D eigenvalue weighted by molar-refractivity contribution is 0.0216. The fraction of sp³-hybridized carbons (Fsp3) is 0.615. The molecular formula is C13H19ClN4. The average Bonchev–Trinajstić information content (AvgIpc) is 2.34. The van der Waals surface area contributed by atoms with E-state index >= 15 is 0 Å². The third-order valence-electron chi connectivity index (χ3n) is 3.76. The molecule has 1 N–H and O–H groups in total. The number of aromatic nitrogens is 1. The van der Waals surface area contributed by atoms with Crippen LogP contribution in [0.1, 0.15) is 5.69 Å². The molecule has 0 aliphatic carbocycles. The van der Waals surface area contributed by atoms with Gasteiger partial charge in [-0.15, -0.1) is 0 Å². The fourth-order valence-corrected chi connectivity index (χ4v) is 2.90. The van der Waals surface area contributed by atoms with Crippen LogP contribution in [0.25, 0.3) is 0 Å². The van der Waals surface area contributed by atoms with E-state index < -0.39 is 0 Å². The van der Waals surface area contributed by atoms with Crippen LogP contribution in [-0.2, 0) is 6.54 Å². The highest BCUT2D eigenvalue weighted by Gasteiger charge is 2.32. The highest BCUT2D eigenvalue weighted by molar-refractivity contribution is 6.29. The molecule has 5 heteroatoms. The highest BCUT2D eigenvalue weighted by atomic mass is 35.5. The monoisotopic (exact) mass is 266 g/mol. The first-order valence-corrected chi connectivity index (χ1v) is 6.97. The van der Waals surface area contributed by atoms with Crippen molar-refractivity contribution in [1.82, 2.24) is 20.1 Å². The van der Waals surface area contributed by atoms with Gasteiger partial charge in [0, 0.05) is 51.9 Å². The Balaban J connectivity index is 1.47. The molecular weight excluding hydrogens is 248 g/mol. The third kappa shape index (κ3) is 2.83. The van der Waals surface area contributed by atoms with Crippen LogP contribution in [0, 0.1) is 0 Å². The Morgan fingerprint density at radius 1 is 1.28 bits per heavy atom. The standard InChI is InChI=1S/C13H19ClN4/c14-13-3-1-2-11(16-13)8-17-9-12(10-17)18-6-4-15-5-7-18/h1-3,12,15H,4-10H2. The minimum atomic E-state index is 0.590. The van der Waals surface area contributed by atoms with Gasteiger partial charge in [0.2, 0.25) is 0 Å².